The first-order valence-electron chi connectivity index (χ1n) is 5.40. The number of hydrogen-bond acceptors (Lipinski definition) is 4. The van der Waals surface area contributed by atoms with Crippen LogP contribution in [0.15, 0.2) is 30.3 Å². The molecule has 4 nitrogen and oxygen atoms in total. The molecular formula is C12H12F2O4. The zero-order chi connectivity index (χ0) is 13.2. The molecule has 0 unspecified atom stereocenters. The van der Waals surface area contributed by atoms with Gasteiger partial charge < -0.3 is 14.6 Å². The summed E-state index contributed by atoms with van der Waals surface area (Å²) in [6, 6.07) is 9.10. The molecule has 0 aliphatic carbocycles. The van der Waals surface area contributed by atoms with Crippen LogP contribution in [-0.4, -0.2) is 35.8 Å². The van der Waals surface area contributed by atoms with E-state index in [1.54, 1.807) is 0 Å². The molecule has 0 aromatic heterocycles. The molecule has 1 aromatic carbocycles. The van der Waals surface area contributed by atoms with Crippen molar-refractivity contribution in [2.75, 3.05) is 6.61 Å². The molecule has 2 rings (SSSR count). The van der Waals surface area contributed by atoms with Gasteiger partial charge in [0, 0.05) is 0 Å². The summed E-state index contributed by atoms with van der Waals surface area (Å²) in [6.45, 7) is -0.0649. The van der Waals surface area contributed by atoms with Gasteiger partial charge in [-0.25, -0.2) is 4.79 Å². The minimum Gasteiger partial charge on any atom is -0.452 e. The number of rotatable bonds is 4. The Hall–Kier alpha value is -1.53. The molecule has 98 valence electrons. The molecule has 1 saturated heterocycles. The van der Waals surface area contributed by atoms with Crippen molar-refractivity contribution in [1.29, 1.82) is 0 Å². The maximum atomic E-state index is 13.0. The summed E-state index contributed by atoms with van der Waals surface area (Å²) in [6.07, 6.45) is -3.48. The number of cyclic esters (lactones) is 1. The topological polar surface area (TPSA) is 55.8 Å². The van der Waals surface area contributed by atoms with Gasteiger partial charge >= 0.3 is 11.9 Å². The summed E-state index contributed by atoms with van der Waals surface area (Å²) in [5.41, 5.74) is 0.864. The van der Waals surface area contributed by atoms with Gasteiger partial charge in [0.2, 0.25) is 0 Å². The Morgan fingerprint density at radius 3 is 2.56 bits per heavy atom. The summed E-state index contributed by atoms with van der Waals surface area (Å²) in [7, 11) is 0. The summed E-state index contributed by atoms with van der Waals surface area (Å²) in [4.78, 5) is 10.8. The quantitative estimate of drug-likeness (QED) is 0.822. The Bertz CT molecular complexity index is 421. The van der Waals surface area contributed by atoms with E-state index in [1.807, 2.05) is 30.3 Å². The van der Waals surface area contributed by atoms with E-state index in [0.29, 0.717) is 0 Å². The molecule has 1 fully saturated rings. The molecule has 1 aromatic rings. The monoisotopic (exact) mass is 258 g/mol. The fourth-order valence-electron chi connectivity index (χ4n) is 1.63. The molecule has 0 amide bonds. The van der Waals surface area contributed by atoms with Crippen molar-refractivity contribution in [2.24, 2.45) is 0 Å². The van der Waals surface area contributed by atoms with Crippen molar-refractivity contribution in [1.82, 2.24) is 0 Å². The van der Waals surface area contributed by atoms with Crippen molar-refractivity contribution < 1.29 is 28.2 Å². The predicted octanol–water partition coefficient (Wildman–Crippen LogP) is 1.12. The van der Waals surface area contributed by atoms with Crippen LogP contribution in [0.4, 0.5) is 8.78 Å². The number of halogens is 2. The minimum absolute atomic E-state index is 0.202. The van der Waals surface area contributed by atoms with Crippen LogP contribution >= 0.6 is 0 Å². The lowest BCUT2D eigenvalue weighted by Crippen LogP contribution is -2.39. The molecule has 1 N–H and O–H groups in total. The molecule has 6 heteroatoms. The maximum Gasteiger partial charge on any atom is 0.380 e. The van der Waals surface area contributed by atoms with Crippen LogP contribution in [-0.2, 0) is 20.9 Å². The Morgan fingerprint density at radius 2 is 2.00 bits per heavy atom. The average Bonchev–Trinajstić information content (AvgIpc) is 2.55. The van der Waals surface area contributed by atoms with E-state index >= 15 is 0 Å². The highest BCUT2D eigenvalue weighted by Crippen LogP contribution is 2.31. The number of aliphatic hydroxyl groups excluding tert-OH is 1. The fraction of sp³-hybridized carbons (Fsp3) is 0.417. The molecule has 0 spiro atoms. The van der Waals surface area contributed by atoms with E-state index < -0.39 is 24.1 Å². The minimum atomic E-state index is -3.85. The number of hydrogen-bond donors (Lipinski definition) is 1. The normalized spacial score (nSPS) is 26.1. The van der Waals surface area contributed by atoms with Crippen molar-refractivity contribution >= 4 is 5.97 Å². The van der Waals surface area contributed by atoms with E-state index in [4.69, 9.17) is 4.74 Å². The van der Waals surface area contributed by atoms with Gasteiger partial charge in [-0.3, -0.25) is 0 Å². The third-order valence-corrected chi connectivity index (χ3v) is 2.65. The fourth-order valence-corrected chi connectivity index (χ4v) is 1.63. The summed E-state index contributed by atoms with van der Waals surface area (Å²) in [5, 5.41) is 9.21. The lowest BCUT2D eigenvalue weighted by atomic mass is 10.1. The Labute approximate surface area is 102 Å². The highest BCUT2D eigenvalue weighted by atomic mass is 19.3. The largest absolute Gasteiger partial charge is 0.452 e. The van der Waals surface area contributed by atoms with Gasteiger partial charge in [0.25, 0.3) is 0 Å². The van der Waals surface area contributed by atoms with Gasteiger partial charge in [-0.1, -0.05) is 30.3 Å². The molecule has 0 radical (unpaired) electrons. The number of carbonyl (C=O) groups excluding carboxylic acids is 1. The molecule has 18 heavy (non-hydrogen) atoms. The van der Waals surface area contributed by atoms with Crippen LogP contribution in [0.2, 0.25) is 0 Å². The molecule has 1 heterocycles. The van der Waals surface area contributed by atoms with Gasteiger partial charge in [0.15, 0.2) is 12.2 Å². The standard InChI is InChI=1S/C12H12F2O4/c13-12(14)10(15)9(18-11(12)16)7-17-6-8-4-2-1-3-5-8/h1-5,9-10,15H,6-7H2/t9-,10-/m1/s1. The van der Waals surface area contributed by atoms with Crippen LogP contribution in [0.3, 0.4) is 0 Å². The molecule has 0 bridgehead atoms. The SMILES string of the molecule is O=C1O[C@H](COCc2ccccc2)[C@@H](O)C1(F)F. The second-order valence-corrected chi connectivity index (χ2v) is 4.01. The van der Waals surface area contributed by atoms with Crippen molar-refractivity contribution in [3.8, 4) is 0 Å². The van der Waals surface area contributed by atoms with E-state index in [-0.39, 0.29) is 13.2 Å². The Kier molecular flexibility index (Phi) is 3.58. The van der Waals surface area contributed by atoms with Crippen LogP contribution in [0.5, 0.6) is 0 Å². The van der Waals surface area contributed by atoms with E-state index in [9.17, 15) is 18.7 Å². The summed E-state index contributed by atoms with van der Waals surface area (Å²) >= 11 is 0. The summed E-state index contributed by atoms with van der Waals surface area (Å²) < 4.78 is 35.4. The van der Waals surface area contributed by atoms with Gasteiger partial charge in [-0.05, 0) is 5.56 Å². The van der Waals surface area contributed by atoms with Gasteiger partial charge in [0.05, 0.1) is 13.2 Å². The second-order valence-electron chi connectivity index (χ2n) is 4.01. The first-order chi connectivity index (χ1) is 8.51. The average molecular weight is 258 g/mol. The van der Waals surface area contributed by atoms with Crippen LogP contribution < -0.4 is 0 Å². The maximum absolute atomic E-state index is 13.0. The zero-order valence-corrected chi connectivity index (χ0v) is 9.38. The summed E-state index contributed by atoms with van der Waals surface area (Å²) in [5.74, 6) is -5.55. The number of ether oxygens (including phenoxy) is 2. The van der Waals surface area contributed by atoms with Gasteiger partial charge in [0.1, 0.15) is 0 Å². The van der Waals surface area contributed by atoms with Crippen molar-refractivity contribution in [3.05, 3.63) is 35.9 Å². The number of carbonyl (C=O) groups is 1. The van der Waals surface area contributed by atoms with Crippen LogP contribution in [0.1, 0.15) is 5.56 Å². The highest BCUT2D eigenvalue weighted by Gasteiger charge is 2.59. The molecule has 1 aliphatic heterocycles. The third kappa shape index (κ3) is 2.49. The predicted molar refractivity (Wildman–Crippen MR) is 56.9 cm³/mol. The molecule has 0 saturated carbocycles. The third-order valence-electron chi connectivity index (χ3n) is 2.65. The number of esters is 1. The molecular weight excluding hydrogens is 246 g/mol. The van der Waals surface area contributed by atoms with Gasteiger partial charge in [-0.2, -0.15) is 8.78 Å². The van der Waals surface area contributed by atoms with Crippen molar-refractivity contribution in [2.45, 2.75) is 24.7 Å². The van der Waals surface area contributed by atoms with E-state index in [0.717, 1.165) is 5.56 Å². The first kappa shape index (κ1) is 12.9. The number of aliphatic hydroxyl groups is 1. The van der Waals surface area contributed by atoms with E-state index in [2.05, 4.69) is 4.74 Å². The van der Waals surface area contributed by atoms with Crippen LogP contribution in [0, 0.1) is 0 Å². The van der Waals surface area contributed by atoms with Crippen molar-refractivity contribution in [3.63, 3.8) is 0 Å². The lowest BCUT2D eigenvalue weighted by molar-refractivity contribution is -0.162. The Morgan fingerprint density at radius 1 is 1.33 bits per heavy atom. The second kappa shape index (κ2) is 4.99. The van der Waals surface area contributed by atoms with Crippen LogP contribution in [0.25, 0.3) is 0 Å². The van der Waals surface area contributed by atoms with E-state index in [1.165, 1.54) is 0 Å². The smallest absolute Gasteiger partial charge is 0.380 e. The zero-order valence-electron chi connectivity index (χ0n) is 9.38. The number of alkyl halides is 2. The lowest BCUT2D eigenvalue weighted by Gasteiger charge is -2.14. The molecule has 1 aliphatic rings. The highest BCUT2D eigenvalue weighted by molar-refractivity contribution is 5.81. The van der Waals surface area contributed by atoms with Gasteiger partial charge in [-0.15, -0.1) is 0 Å². The Balaban J connectivity index is 1.84. The first-order valence-corrected chi connectivity index (χ1v) is 5.40. The number of benzene rings is 1. The molecule has 2 atom stereocenters.